The Labute approximate surface area is 123 Å². The molecule has 104 valence electrons. The van der Waals surface area contributed by atoms with Crippen LogP contribution in [0.5, 0.6) is 11.6 Å². The van der Waals surface area contributed by atoms with Crippen molar-refractivity contribution in [3.8, 4) is 11.6 Å². The van der Waals surface area contributed by atoms with E-state index in [9.17, 15) is 10.1 Å². The number of halogens is 1. The van der Waals surface area contributed by atoms with Crippen LogP contribution in [-0.4, -0.2) is 19.9 Å². The molecule has 0 spiro atoms. The lowest BCUT2D eigenvalue weighted by atomic mass is 10.3. The van der Waals surface area contributed by atoms with E-state index in [4.69, 9.17) is 16.3 Å². The molecule has 0 saturated carbocycles. The SMILES string of the molecule is O=[N+]([O-])c1ccc(Oc2ccc3nccnc3n2)cc1Cl. The Balaban J connectivity index is 1.91. The van der Waals surface area contributed by atoms with Gasteiger partial charge in [0, 0.05) is 30.6 Å². The molecule has 2 heterocycles. The molecule has 0 fully saturated rings. The average molecular weight is 303 g/mol. The van der Waals surface area contributed by atoms with Crippen molar-refractivity contribution in [2.75, 3.05) is 0 Å². The molecule has 3 aromatic rings. The van der Waals surface area contributed by atoms with Crippen molar-refractivity contribution in [1.82, 2.24) is 15.0 Å². The summed E-state index contributed by atoms with van der Waals surface area (Å²) in [5.41, 5.74) is 0.913. The fraction of sp³-hybridized carbons (Fsp3) is 0. The Hall–Kier alpha value is -2.80. The van der Waals surface area contributed by atoms with Crippen molar-refractivity contribution < 1.29 is 9.66 Å². The molecule has 0 aliphatic carbocycles. The van der Waals surface area contributed by atoms with E-state index in [2.05, 4.69) is 15.0 Å². The maximum Gasteiger partial charge on any atom is 0.288 e. The molecule has 0 bridgehead atoms. The lowest BCUT2D eigenvalue weighted by molar-refractivity contribution is -0.384. The molecule has 21 heavy (non-hydrogen) atoms. The van der Waals surface area contributed by atoms with Crippen molar-refractivity contribution in [2.24, 2.45) is 0 Å². The van der Waals surface area contributed by atoms with Crippen LogP contribution in [-0.2, 0) is 0 Å². The number of hydrogen-bond donors (Lipinski definition) is 0. The minimum Gasteiger partial charge on any atom is -0.439 e. The molecule has 0 amide bonds. The second-order valence-corrected chi connectivity index (χ2v) is 4.43. The number of nitrogens with zero attached hydrogens (tertiary/aromatic N) is 4. The van der Waals surface area contributed by atoms with Gasteiger partial charge in [-0.25, -0.2) is 4.98 Å². The first-order chi connectivity index (χ1) is 10.1. The summed E-state index contributed by atoms with van der Waals surface area (Å²) in [4.78, 5) is 22.5. The molecule has 8 heteroatoms. The van der Waals surface area contributed by atoms with Gasteiger partial charge in [-0.2, -0.15) is 4.98 Å². The number of nitro benzene ring substituents is 1. The van der Waals surface area contributed by atoms with Gasteiger partial charge in [0.25, 0.3) is 5.69 Å². The van der Waals surface area contributed by atoms with E-state index in [0.717, 1.165) is 0 Å². The van der Waals surface area contributed by atoms with Gasteiger partial charge in [-0.1, -0.05) is 11.6 Å². The number of fused-ring (bicyclic) bond motifs is 1. The van der Waals surface area contributed by atoms with E-state index >= 15 is 0 Å². The number of aromatic nitrogens is 3. The number of hydrogen-bond acceptors (Lipinski definition) is 6. The molecular weight excluding hydrogens is 296 g/mol. The predicted molar refractivity (Wildman–Crippen MR) is 75.5 cm³/mol. The number of ether oxygens (including phenoxy) is 1. The van der Waals surface area contributed by atoms with Crippen LogP contribution in [0.3, 0.4) is 0 Å². The zero-order valence-electron chi connectivity index (χ0n) is 10.4. The third-order valence-electron chi connectivity index (χ3n) is 2.64. The van der Waals surface area contributed by atoms with Gasteiger partial charge in [0.15, 0.2) is 5.65 Å². The zero-order chi connectivity index (χ0) is 14.8. The zero-order valence-corrected chi connectivity index (χ0v) is 11.2. The van der Waals surface area contributed by atoms with Gasteiger partial charge in [0.05, 0.1) is 4.92 Å². The molecule has 2 aromatic heterocycles. The largest absolute Gasteiger partial charge is 0.439 e. The van der Waals surface area contributed by atoms with Crippen LogP contribution >= 0.6 is 11.6 Å². The highest BCUT2D eigenvalue weighted by molar-refractivity contribution is 6.32. The minimum absolute atomic E-state index is 0.00178. The van der Waals surface area contributed by atoms with Crippen LogP contribution in [0.2, 0.25) is 5.02 Å². The standard InChI is InChI=1S/C13H7ClN4O3/c14-9-7-8(1-3-11(9)18(19)20)21-12-4-2-10-13(17-12)16-6-5-15-10/h1-7H. The normalized spacial score (nSPS) is 10.5. The fourth-order valence-corrected chi connectivity index (χ4v) is 1.95. The average Bonchev–Trinajstić information content (AvgIpc) is 2.47. The van der Waals surface area contributed by atoms with Gasteiger partial charge in [0.2, 0.25) is 5.88 Å². The topological polar surface area (TPSA) is 91.0 Å². The second-order valence-electron chi connectivity index (χ2n) is 4.02. The summed E-state index contributed by atoms with van der Waals surface area (Å²) in [6.07, 6.45) is 3.10. The first kappa shape index (κ1) is 13.2. The molecule has 0 atom stereocenters. The van der Waals surface area contributed by atoms with E-state index in [1.54, 1.807) is 18.3 Å². The van der Waals surface area contributed by atoms with E-state index in [0.29, 0.717) is 22.8 Å². The summed E-state index contributed by atoms with van der Waals surface area (Å²) in [6.45, 7) is 0. The first-order valence-electron chi connectivity index (χ1n) is 5.83. The molecular formula is C13H7ClN4O3. The summed E-state index contributed by atoms with van der Waals surface area (Å²) in [7, 11) is 0. The third-order valence-corrected chi connectivity index (χ3v) is 2.95. The van der Waals surface area contributed by atoms with Crippen molar-refractivity contribution >= 4 is 28.5 Å². The molecule has 3 rings (SSSR count). The Morgan fingerprint density at radius 1 is 1.14 bits per heavy atom. The van der Waals surface area contributed by atoms with Crippen molar-refractivity contribution in [3.05, 3.63) is 57.9 Å². The number of benzene rings is 1. The Bertz CT molecular complexity index is 841. The van der Waals surface area contributed by atoms with E-state index in [1.165, 1.54) is 24.4 Å². The molecule has 0 aliphatic rings. The molecule has 0 radical (unpaired) electrons. The second kappa shape index (κ2) is 5.29. The molecule has 0 unspecified atom stereocenters. The third kappa shape index (κ3) is 2.72. The summed E-state index contributed by atoms with van der Waals surface area (Å²) in [6, 6.07) is 7.44. The number of rotatable bonds is 3. The molecule has 0 aliphatic heterocycles. The summed E-state index contributed by atoms with van der Waals surface area (Å²) < 4.78 is 5.52. The number of nitro groups is 1. The van der Waals surface area contributed by atoms with Gasteiger partial charge < -0.3 is 4.74 Å². The van der Waals surface area contributed by atoms with Gasteiger partial charge in [-0.05, 0) is 12.1 Å². The molecule has 0 saturated heterocycles. The van der Waals surface area contributed by atoms with Crippen LogP contribution in [0, 0.1) is 10.1 Å². The van der Waals surface area contributed by atoms with Crippen LogP contribution in [0.4, 0.5) is 5.69 Å². The summed E-state index contributed by atoms with van der Waals surface area (Å²) in [5.74, 6) is 0.647. The smallest absolute Gasteiger partial charge is 0.288 e. The Morgan fingerprint density at radius 2 is 1.95 bits per heavy atom. The maximum absolute atomic E-state index is 10.7. The highest BCUT2D eigenvalue weighted by Crippen LogP contribution is 2.30. The van der Waals surface area contributed by atoms with Crippen LogP contribution < -0.4 is 4.74 Å². The molecule has 7 nitrogen and oxygen atoms in total. The highest BCUT2D eigenvalue weighted by Gasteiger charge is 2.13. The van der Waals surface area contributed by atoms with Gasteiger partial charge in [0.1, 0.15) is 16.3 Å². The Morgan fingerprint density at radius 3 is 2.71 bits per heavy atom. The van der Waals surface area contributed by atoms with E-state index < -0.39 is 4.92 Å². The molecule has 0 N–H and O–H groups in total. The van der Waals surface area contributed by atoms with Gasteiger partial charge >= 0.3 is 0 Å². The maximum atomic E-state index is 10.7. The molecule has 1 aromatic carbocycles. The minimum atomic E-state index is -0.560. The van der Waals surface area contributed by atoms with Crippen LogP contribution in [0.1, 0.15) is 0 Å². The monoisotopic (exact) mass is 302 g/mol. The van der Waals surface area contributed by atoms with Crippen LogP contribution in [0.15, 0.2) is 42.7 Å². The Kier molecular flexibility index (Phi) is 3.33. The summed E-state index contributed by atoms with van der Waals surface area (Å²) in [5, 5.41) is 10.7. The fourth-order valence-electron chi connectivity index (χ4n) is 1.71. The number of pyridine rings is 1. The quantitative estimate of drug-likeness (QED) is 0.544. The van der Waals surface area contributed by atoms with Crippen molar-refractivity contribution in [1.29, 1.82) is 0 Å². The van der Waals surface area contributed by atoms with E-state index in [1.807, 2.05) is 0 Å². The van der Waals surface area contributed by atoms with Crippen molar-refractivity contribution in [3.63, 3.8) is 0 Å². The summed E-state index contributed by atoms with van der Waals surface area (Å²) >= 11 is 5.82. The lowest BCUT2D eigenvalue weighted by Gasteiger charge is -2.05. The van der Waals surface area contributed by atoms with E-state index in [-0.39, 0.29) is 10.7 Å². The first-order valence-corrected chi connectivity index (χ1v) is 6.21. The van der Waals surface area contributed by atoms with Crippen LogP contribution in [0.25, 0.3) is 11.2 Å². The lowest BCUT2D eigenvalue weighted by Crippen LogP contribution is -1.93. The van der Waals surface area contributed by atoms with Gasteiger partial charge in [-0.3, -0.25) is 15.1 Å². The predicted octanol–water partition coefficient (Wildman–Crippen LogP) is 3.38. The van der Waals surface area contributed by atoms with Gasteiger partial charge in [-0.15, -0.1) is 0 Å². The highest BCUT2D eigenvalue weighted by atomic mass is 35.5. The van der Waals surface area contributed by atoms with Crippen molar-refractivity contribution in [2.45, 2.75) is 0 Å².